The van der Waals surface area contributed by atoms with Crippen molar-refractivity contribution in [1.82, 2.24) is 10.2 Å². The minimum Gasteiger partial charge on any atom is -0.351 e. The van der Waals surface area contributed by atoms with Gasteiger partial charge in [-0.25, -0.2) is 0 Å². The molecule has 3 rings (SSSR count). The summed E-state index contributed by atoms with van der Waals surface area (Å²) in [5.41, 5.74) is 0.736. The van der Waals surface area contributed by atoms with Crippen LogP contribution < -0.4 is 5.32 Å². The molecule has 1 heterocycles. The number of thiophene rings is 1. The van der Waals surface area contributed by atoms with Gasteiger partial charge in [0.2, 0.25) is 0 Å². The monoisotopic (exact) mass is 412 g/mol. The first-order valence-corrected chi connectivity index (χ1v) is 10.6. The largest absolute Gasteiger partial charge is 0.351 e. The molecule has 1 N–H and O–H groups in total. The molecule has 2 aromatic rings. The molecule has 1 unspecified atom stereocenters. The third-order valence-corrected chi connectivity index (χ3v) is 5.91. The Morgan fingerprint density at radius 3 is 2.34 bits per heavy atom. The van der Waals surface area contributed by atoms with Crippen LogP contribution in [0.25, 0.3) is 0 Å². The highest BCUT2D eigenvalue weighted by Crippen LogP contribution is 2.20. The van der Waals surface area contributed by atoms with Gasteiger partial charge < -0.3 is 10.2 Å². The number of Topliss-reactive ketones (excluding diaryl/α,β-unsaturated/α-hetero) is 2. The van der Waals surface area contributed by atoms with Crippen LogP contribution in [-0.2, 0) is 20.9 Å². The Labute approximate surface area is 173 Å². The number of benzene rings is 1. The van der Waals surface area contributed by atoms with E-state index in [4.69, 9.17) is 0 Å². The molecule has 152 valence electrons. The van der Waals surface area contributed by atoms with Gasteiger partial charge in [-0.1, -0.05) is 49.2 Å². The van der Waals surface area contributed by atoms with Crippen molar-refractivity contribution in [2.75, 3.05) is 0 Å². The van der Waals surface area contributed by atoms with E-state index >= 15 is 0 Å². The van der Waals surface area contributed by atoms with Crippen LogP contribution in [-0.4, -0.2) is 40.4 Å². The zero-order chi connectivity index (χ0) is 20.8. The van der Waals surface area contributed by atoms with E-state index in [1.54, 1.807) is 41.8 Å². The summed E-state index contributed by atoms with van der Waals surface area (Å²) in [5.74, 6) is -2.55. The molecule has 1 saturated carbocycles. The van der Waals surface area contributed by atoms with Crippen molar-refractivity contribution in [3.05, 3.63) is 58.3 Å². The van der Waals surface area contributed by atoms with Crippen molar-refractivity contribution in [1.29, 1.82) is 0 Å². The number of ketones is 2. The summed E-state index contributed by atoms with van der Waals surface area (Å²) < 4.78 is 0. The first kappa shape index (κ1) is 20.9. The molecule has 0 spiro atoms. The standard InChI is InChI=1S/C22H24N2O4S/c1-15(25)19(21(27)23-17-10-5-6-11-17)24(14-16-8-3-2-4-9-16)22(28)20(26)18-12-7-13-29-18/h2-4,7-9,12-13,17,19H,5-6,10-11,14H2,1H3,(H,23,27). The van der Waals surface area contributed by atoms with Crippen LogP contribution >= 0.6 is 11.3 Å². The first-order chi connectivity index (χ1) is 14.0. The maximum Gasteiger partial charge on any atom is 0.297 e. The predicted molar refractivity (Wildman–Crippen MR) is 111 cm³/mol. The van der Waals surface area contributed by atoms with Crippen molar-refractivity contribution in [3.63, 3.8) is 0 Å². The molecule has 1 fully saturated rings. The number of amides is 2. The Kier molecular flexibility index (Phi) is 6.93. The number of nitrogens with zero attached hydrogens (tertiary/aromatic N) is 1. The maximum absolute atomic E-state index is 13.1. The molecule has 29 heavy (non-hydrogen) atoms. The number of rotatable bonds is 8. The quantitative estimate of drug-likeness (QED) is 0.410. The molecular formula is C22H24N2O4S. The summed E-state index contributed by atoms with van der Waals surface area (Å²) in [6, 6.07) is 10.9. The van der Waals surface area contributed by atoms with E-state index in [0.717, 1.165) is 47.5 Å². The Bertz CT molecular complexity index is 873. The van der Waals surface area contributed by atoms with E-state index in [2.05, 4.69) is 5.32 Å². The maximum atomic E-state index is 13.1. The van der Waals surface area contributed by atoms with E-state index in [1.807, 2.05) is 6.07 Å². The second-order valence-corrected chi connectivity index (χ2v) is 8.18. The van der Waals surface area contributed by atoms with Gasteiger partial charge in [-0.15, -0.1) is 11.3 Å². The summed E-state index contributed by atoms with van der Waals surface area (Å²) >= 11 is 1.16. The molecule has 0 radical (unpaired) electrons. The van der Waals surface area contributed by atoms with Crippen molar-refractivity contribution in [2.45, 2.75) is 51.2 Å². The first-order valence-electron chi connectivity index (χ1n) is 9.71. The van der Waals surface area contributed by atoms with Crippen LogP contribution in [0.2, 0.25) is 0 Å². The lowest BCUT2D eigenvalue weighted by Crippen LogP contribution is -2.55. The average molecular weight is 413 g/mol. The summed E-state index contributed by atoms with van der Waals surface area (Å²) in [5, 5.41) is 4.60. The van der Waals surface area contributed by atoms with Gasteiger partial charge in [-0.3, -0.25) is 19.2 Å². The number of hydrogen-bond donors (Lipinski definition) is 1. The van der Waals surface area contributed by atoms with Gasteiger partial charge in [0.05, 0.1) is 4.88 Å². The summed E-state index contributed by atoms with van der Waals surface area (Å²) in [4.78, 5) is 52.6. The summed E-state index contributed by atoms with van der Waals surface area (Å²) in [6.45, 7) is 1.28. The highest BCUT2D eigenvalue weighted by Gasteiger charge is 2.38. The van der Waals surface area contributed by atoms with Gasteiger partial charge in [0.25, 0.3) is 17.6 Å². The third kappa shape index (κ3) is 5.17. The molecule has 1 aliphatic carbocycles. The highest BCUT2D eigenvalue weighted by atomic mass is 32.1. The molecule has 1 aliphatic rings. The lowest BCUT2D eigenvalue weighted by Gasteiger charge is -2.29. The summed E-state index contributed by atoms with van der Waals surface area (Å²) in [7, 11) is 0. The third-order valence-electron chi connectivity index (χ3n) is 5.04. The minimum atomic E-state index is -1.34. The van der Waals surface area contributed by atoms with Crippen molar-refractivity contribution < 1.29 is 19.2 Å². The normalized spacial score (nSPS) is 14.9. The molecule has 1 atom stereocenters. The van der Waals surface area contributed by atoms with Gasteiger partial charge in [0, 0.05) is 12.6 Å². The zero-order valence-corrected chi connectivity index (χ0v) is 17.1. The van der Waals surface area contributed by atoms with E-state index in [1.165, 1.54) is 6.92 Å². The smallest absolute Gasteiger partial charge is 0.297 e. The number of hydrogen-bond acceptors (Lipinski definition) is 5. The van der Waals surface area contributed by atoms with Gasteiger partial charge in [-0.05, 0) is 36.8 Å². The minimum absolute atomic E-state index is 0.000871. The Balaban J connectivity index is 1.89. The summed E-state index contributed by atoms with van der Waals surface area (Å²) in [6.07, 6.45) is 3.77. The molecule has 0 bridgehead atoms. The zero-order valence-electron chi connectivity index (χ0n) is 16.3. The van der Waals surface area contributed by atoms with Crippen LogP contribution in [0.5, 0.6) is 0 Å². The van der Waals surface area contributed by atoms with Crippen LogP contribution in [0.3, 0.4) is 0 Å². The molecule has 0 saturated heterocycles. The molecule has 6 nitrogen and oxygen atoms in total. The van der Waals surface area contributed by atoms with Crippen LogP contribution in [0, 0.1) is 0 Å². The topological polar surface area (TPSA) is 83.6 Å². The molecule has 1 aromatic heterocycles. The van der Waals surface area contributed by atoms with E-state index in [0.29, 0.717) is 0 Å². The predicted octanol–water partition coefficient (Wildman–Crippen LogP) is 2.98. The van der Waals surface area contributed by atoms with Crippen molar-refractivity contribution >= 4 is 34.7 Å². The average Bonchev–Trinajstić information content (AvgIpc) is 3.41. The van der Waals surface area contributed by atoms with Crippen molar-refractivity contribution in [3.8, 4) is 0 Å². The fourth-order valence-electron chi connectivity index (χ4n) is 3.60. The molecule has 7 heteroatoms. The number of carbonyl (C=O) groups excluding carboxylic acids is 4. The Morgan fingerprint density at radius 2 is 1.76 bits per heavy atom. The number of nitrogens with one attached hydrogen (secondary N) is 1. The lowest BCUT2D eigenvalue weighted by atomic mass is 10.1. The van der Waals surface area contributed by atoms with Gasteiger partial charge in [-0.2, -0.15) is 0 Å². The second-order valence-electron chi connectivity index (χ2n) is 7.23. The van der Waals surface area contributed by atoms with Crippen LogP contribution in [0.4, 0.5) is 0 Å². The molecule has 1 aromatic carbocycles. The van der Waals surface area contributed by atoms with E-state index in [-0.39, 0.29) is 17.5 Å². The van der Waals surface area contributed by atoms with Crippen molar-refractivity contribution in [2.24, 2.45) is 0 Å². The van der Waals surface area contributed by atoms with Gasteiger partial charge >= 0.3 is 0 Å². The van der Waals surface area contributed by atoms with Gasteiger partial charge in [0.15, 0.2) is 11.8 Å². The molecular weight excluding hydrogens is 388 g/mol. The van der Waals surface area contributed by atoms with E-state index in [9.17, 15) is 19.2 Å². The van der Waals surface area contributed by atoms with Crippen LogP contribution in [0.1, 0.15) is 47.8 Å². The molecule has 0 aliphatic heterocycles. The van der Waals surface area contributed by atoms with Crippen LogP contribution in [0.15, 0.2) is 47.8 Å². The SMILES string of the molecule is CC(=O)C(C(=O)NC1CCCC1)N(Cc1ccccc1)C(=O)C(=O)c1cccs1. The number of carbonyl (C=O) groups is 4. The second kappa shape index (κ2) is 9.60. The molecule has 2 amide bonds. The van der Waals surface area contributed by atoms with E-state index < -0.39 is 29.4 Å². The fraction of sp³-hybridized carbons (Fsp3) is 0.364. The Hall–Kier alpha value is -2.80. The lowest BCUT2D eigenvalue weighted by molar-refractivity contribution is -0.144. The highest BCUT2D eigenvalue weighted by molar-refractivity contribution is 7.13. The van der Waals surface area contributed by atoms with Gasteiger partial charge in [0.1, 0.15) is 0 Å². The Morgan fingerprint density at radius 1 is 1.07 bits per heavy atom. The fourth-order valence-corrected chi connectivity index (χ4v) is 4.26.